The van der Waals surface area contributed by atoms with Crippen molar-refractivity contribution in [2.24, 2.45) is 0 Å². The Kier molecular flexibility index (Phi) is 2.56. The van der Waals surface area contributed by atoms with Crippen molar-refractivity contribution >= 4 is 27.4 Å². The summed E-state index contributed by atoms with van der Waals surface area (Å²) in [7, 11) is 0. The third-order valence-electron chi connectivity index (χ3n) is 2.95. The zero-order chi connectivity index (χ0) is 12.7. The van der Waals surface area contributed by atoms with Gasteiger partial charge in [-0.3, -0.25) is 9.38 Å². The summed E-state index contributed by atoms with van der Waals surface area (Å²) >= 11 is 3.50. The Morgan fingerprint density at radius 1 is 1.17 bits per heavy atom. The van der Waals surface area contributed by atoms with Crippen LogP contribution in [0.3, 0.4) is 0 Å². The number of nitrogens with two attached hydrogens (primary N) is 1. The topological polar surface area (TPSA) is 56.2 Å². The van der Waals surface area contributed by atoms with E-state index in [4.69, 9.17) is 5.73 Å². The van der Waals surface area contributed by atoms with Crippen LogP contribution in [-0.2, 0) is 0 Å². The first-order valence-corrected chi connectivity index (χ1v) is 6.31. The molecule has 0 spiro atoms. The molecule has 90 valence electrons. The second-order valence-corrected chi connectivity index (χ2v) is 4.90. The first-order chi connectivity index (χ1) is 8.68. The number of aromatic nitrogens is 3. The van der Waals surface area contributed by atoms with Gasteiger partial charge < -0.3 is 5.73 Å². The number of nitrogens with zero attached hydrogens (tertiary/aromatic N) is 3. The second kappa shape index (κ2) is 4.10. The van der Waals surface area contributed by atoms with Gasteiger partial charge in [0.15, 0.2) is 0 Å². The predicted molar refractivity (Wildman–Crippen MR) is 75.3 cm³/mol. The molecule has 0 radical (unpaired) electrons. The molecule has 0 aliphatic carbocycles. The van der Waals surface area contributed by atoms with Crippen LogP contribution in [0.15, 0.2) is 41.1 Å². The number of pyridine rings is 2. The lowest BCUT2D eigenvalue weighted by Crippen LogP contribution is -1.98. The number of halogens is 1. The lowest BCUT2D eigenvalue weighted by molar-refractivity contribution is 1.09. The average Bonchev–Trinajstić information content (AvgIpc) is 2.73. The molecule has 0 saturated heterocycles. The summed E-state index contributed by atoms with van der Waals surface area (Å²) in [5, 5.41) is 0. The van der Waals surface area contributed by atoms with Crippen LogP contribution in [0.2, 0.25) is 0 Å². The van der Waals surface area contributed by atoms with Crippen LogP contribution < -0.4 is 5.73 Å². The molecule has 4 nitrogen and oxygen atoms in total. The van der Waals surface area contributed by atoms with Crippen LogP contribution in [0.25, 0.3) is 16.9 Å². The molecule has 0 aliphatic rings. The zero-order valence-electron chi connectivity index (χ0n) is 9.76. The SMILES string of the molecule is Cc1c(Br)ccc2nc(-c3ccncc3)c(N)n12. The van der Waals surface area contributed by atoms with E-state index < -0.39 is 0 Å². The third kappa shape index (κ3) is 1.59. The van der Waals surface area contributed by atoms with E-state index in [1.807, 2.05) is 35.6 Å². The Balaban J connectivity index is 2.34. The van der Waals surface area contributed by atoms with Gasteiger partial charge in [-0.1, -0.05) is 0 Å². The van der Waals surface area contributed by atoms with E-state index in [-0.39, 0.29) is 0 Å². The molecule has 0 amide bonds. The molecular formula is C13H11BrN4. The first-order valence-electron chi connectivity index (χ1n) is 5.52. The van der Waals surface area contributed by atoms with Crippen molar-refractivity contribution in [1.82, 2.24) is 14.4 Å². The zero-order valence-corrected chi connectivity index (χ0v) is 11.3. The van der Waals surface area contributed by atoms with Gasteiger partial charge in [0.25, 0.3) is 0 Å². The Labute approximate surface area is 113 Å². The predicted octanol–water partition coefficient (Wildman–Crippen LogP) is 3.05. The van der Waals surface area contributed by atoms with Crippen LogP contribution in [0.4, 0.5) is 5.82 Å². The molecule has 3 aromatic rings. The van der Waals surface area contributed by atoms with E-state index in [1.54, 1.807) is 12.4 Å². The van der Waals surface area contributed by atoms with Crippen molar-refractivity contribution in [3.05, 3.63) is 46.8 Å². The second-order valence-electron chi connectivity index (χ2n) is 4.04. The molecule has 5 heteroatoms. The Bertz CT molecular complexity index is 719. The lowest BCUT2D eigenvalue weighted by atomic mass is 10.2. The van der Waals surface area contributed by atoms with E-state index in [2.05, 4.69) is 25.9 Å². The molecule has 0 saturated carbocycles. The van der Waals surface area contributed by atoms with Crippen LogP contribution in [0.5, 0.6) is 0 Å². The summed E-state index contributed by atoms with van der Waals surface area (Å²) in [4.78, 5) is 8.58. The normalized spacial score (nSPS) is 11.0. The standard InChI is InChI=1S/C13H11BrN4/c1-8-10(14)2-3-11-17-12(13(15)18(8)11)9-4-6-16-7-5-9/h2-7H,15H2,1H3. The minimum absolute atomic E-state index is 0.648. The molecule has 2 N–H and O–H groups in total. The molecule has 3 rings (SSSR count). The monoisotopic (exact) mass is 302 g/mol. The molecule has 18 heavy (non-hydrogen) atoms. The highest BCUT2D eigenvalue weighted by molar-refractivity contribution is 9.10. The highest BCUT2D eigenvalue weighted by atomic mass is 79.9. The molecule has 3 heterocycles. The molecule has 0 bridgehead atoms. The number of anilines is 1. The van der Waals surface area contributed by atoms with Gasteiger partial charge in [-0.15, -0.1) is 0 Å². The van der Waals surface area contributed by atoms with Crippen LogP contribution in [0.1, 0.15) is 5.69 Å². The van der Waals surface area contributed by atoms with E-state index in [0.29, 0.717) is 5.82 Å². The molecule has 3 aromatic heterocycles. The summed E-state index contributed by atoms with van der Waals surface area (Å²) in [5.41, 5.74) is 9.85. The Morgan fingerprint density at radius 3 is 2.61 bits per heavy atom. The maximum Gasteiger partial charge on any atom is 0.139 e. The fourth-order valence-corrected chi connectivity index (χ4v) is 2.32. The Hall–Kier alpha value is -1.88. The van der Waals surface area contributed by atoms with Gasteiger partial charge in [0.1, 0.15) is 17.2 Å². The Morgan fingerprint density at radius 2 is 1.89 bits per heavy atom. The van der Waals surface area contributed by atoms with Gasteiger partial charge in [-0.2, -0.15) is 0 Å². The van der Waals surface area contributed by atoms with Gasteiger partial charge in [0, 0.05) is 28.1 Å². The van der Waals surface area contributed by atoms with E-state index >= 15 is 0 Å². The quantitative estimate of drug-likeness (QED) is 0.751. The van der Waals surface area contributed by atoms with Crippen LogP contribution in [0, 0.1) is 6.92 Å². The highest BCUT2D eigenvalue weighted by Gasteiger charge is 2.13. The number of aryl methyl sites for hydroxylation is 1. The number of rotatable bonds is 1. The fraction of sp³-hybridized carbons (Fsp3) is 0.0769. The summed E-state index contributed by atoms with van der Waals surface area (Å²) in [6, 6.07) is 7.73. The smallest absolute Gasteiger partial charge is 0.139 e. The largest absolute Gasteiger partial charge is 0.383 e. The highest BCUT2D eigenvalue weighted by Crippen LogP contribution is 2.29. The third-order valence-corrected chi connectivity index (χ3v) is 3.79. The summed E-state index contributed by atoms with van der Waals surface area (Å²) in [5.74, 6) is 0.648. The maximum absolute atomic E-state index is 6.20. The van der Waals surface area contributed by atoms with Crippen molar-refractivity contribution in [3.8, 4) is 11.3 Å². The van der Waals surface area contributed by atoms with Gasteiger partial charge in [0.05, 0.1) is 0 Å². The van der Waals surface area contributed by atoms with E-state index in [0.717, 1.165) is 27.1 Å². The van der Waals surface area contributed by atoms with E-state index in [9.17, 15) is 0 Å². The molecule has 0 unspecified atom stereocenters. The summed E-state index contributed by atoms with van der Waals surface area (Å²) in [6.07, 6.45) is 3.48. The number of fused-ring (bicyclic) bond motifs is 1. The maximum atomic E-state index is 6.20. The minimum Gasteiger partial charge on any atom is -0.383 e. The number of hydrogen-bond donors (Lipinski definition) is 1. The van der Waals surface area contributed by atoms with Crippen molar-refractivity contribution in [2.75, 3.05) is 5.73 Å². The molecule has 0 atom stereocenters. The van der Waals surface area contributed by atoms with Crippen molar-refractivity contribution < 1.29 is 0 Å². The van der Waals surface area contributed by atoms with Gasteiger partial charge in [-0.05, 0) is 47.1 Å². The summed E-state index contributed by atoms with van der Waals surface area (Å²) in [6.45, 7) is 2.01. The first kappa shape index (κ1) is 11.2. The fourth-order valence-electron chi connectivity index (χ4n) is 2.01. The van der Waals surface area contributed by atoms with Gasteiger partial charge in [0.2, 0.25) is 0 Å². The van der Waals surface area contributed by atoms with E-state index in [1.165, 1.54) is 0 Å². The van der Waals surface area contributed by atoms with Crippen molar-refractivity contribution in [3.63, 3.8) is 0 Å². The lowest BCUT2D eigenvalue weighted by Gasteiger charge is -2.04. The average molecular weight is 303 g/mol. The van der Waals surface area contributed by atoms with Crippen molar-refractivity contribution in [1.29, 1.82) is 0 Å². The minimum atomic E-state index is 0.648. The summed E-state index contributed by atoms with van der Waals surface area (Å²) < 4.78 is 2.96. The van der Waals surface area contributed by atoms with Crippen molar-refractivity contribution in [2.45, 2.75) is 6.92 Å². The number of hydrogen-bond acceptors (Lipinski definition) is 3. The molecular weight excluding hydrogens is 292 g/mol. The molecule has 0 aliphatic heterocycles. The molecule has 0 fully saturated rings. The number of nitrogen functional groups attached to an aromatic ring is 1. The van der Waals surface area contributed by atoms with Gasteiger partial charge >= 0.3 is 0 Å². The number of imidazole rings is 1. The van der Waals surface area contributed by atoms with Crippen LogP contribution in [-0.4, -0.2) is 14.4 Å². The molecule has 0 aromatic carbocycles. The van der Waals surface area contributed by atoms with Gasteiger partial charge in [-0.25, -0.2) is 4.98 Å². The van der Waals surface area contributed by atoms with Crippen LogP contribution >= 0.6 is 15.9 Å².